The molecule has 0 spiro atoms. The van der Waals surface area contributed by atoms with Gasteiger partial charge in [0.2, 0.25) is 0 Å². The molecule has 0 aliphatic carbocycles. The van der Waals surface area contributed by atoms with Crippen LogP contribution in [-0.4, -0.2) is 15.3 Å². The van der Waals surface area contributed by atoms with Crippen molar-refractivity contribution >= 4 is 34.0 Å². The van der Waals surface area contributed by atoms with Gasteiger partial charge in [0.15, 0.2) is 0 Å². The molecule has 0 aliphatic rings. The minimum absolute atomic E-state index is 0.149. The monoisotopic (exact) mass is 269 g/mol. The zero-order valence-corrected chi connectivity index (χ0v) is 11.1. The van der Waals surface area contributed by atoms with Crippen LogP contribution in [0.25, 0.3) is 10.9 Å². The maximum Gasteiger partial charge on any atom is 0.258 e. The van der Waals surface area contributed by atoms with Crippen molar-refractivity contribution in [2.75, 3.05) is 5.32 Å². The van der Waals surface area contributed by atoms with Gasteiger partial charge in [-0.2, -0.15) is 4.37 Å². The predicted octanol–water partition coefficient (Wildman–Crippen LogP) is 3.25. The van der Waals surface area contributed by atoms with E-state index in [4.69, 9.17) is 0 Å². The van der Waals surface area contributed by atoms with E-state index in [9.17, 15) is 4.79 Å². The van der Waals surface area contributed by atoms with Crippen molar-refractivity contribution in [2.45, 2.75) is 6.92 Å². The summed E-state index contributed by atoms with van der Waals surface area (Å²) in [6.45, 7) is 1.83. The molecule has 0 bridgehead atoms. The zero-order chi connectivity index (χ0) is 13.2. The van der Waals surface area contributed by atoms with Crippen molar-refractivity contribution < 1.29 is 4.79 Å². The number of hydrogen-bond donors (Lipinski definition) is 1. The molecule has 3 rings (SSSR count). The van der Waals surface area contributed by atoms with Crippen molar-refractivity contribution in [3.05, 3.63) is 53.2 Å². The minimum atomic E-state index is -0.149. The zero-order valence-electron chi connectivity index (χ0n) is 10.3. The molecule has 0 saturated heterocycles. The number of anilines is 1. The average Bonchev–Trinajstić information content (AvgIpc) is 2.85. The Labute approximate surface area is 114 Å². The number of rotatable bonds is 2. The van der Waals surface area contributed by atoms with Crippen LogP contribution >= 0.6 is 11.5 Å². The molecular weight excluding hydrogens is 258 g/mol. The Bertz CT molecular complexity index is 746. The van der Waals surface area contributed by atoms with Gasteiger partial charge in [0.05, 0.1) is 22.5 Å². The molecular formula is C14H11N3OS. The summed E-state index contributed by atoms with van der Waals surface area (Å²) >= 11 is 1.28. The molecule has 2 aromatic heterocycles. The first-order valence-electron chi connectivity index (χ1n) is 5.82. The molecule has 1 amide bonds. The second-order valence-electron chi connectivity index (χ2n) is 4.15. The van der Waals surface area contributed by atoms with E-state index in [0.29, 0.717) is 11.3 Å². The van der Waals surface area contributed by atoms with Crippen LogP contribution in [-0.2, 0) is 0 Å². The molecule has 0 unspecified atom stereocenters. The van der Waals surface area contributed by atoms with Crippen LogP contribution in [0.2, 0.25) is 0 Å². The minimum Gasteiger partial charge on any atom is -0.320 e. The summed E-state index contributed by atoms with van der Waals surface area (Å²) in [6, 6.07) is 9.56. The Balaban J connectivity index is 1.98. The Morgan fingerprint density at radius 1 is 1.26 bits per heavy atom. The Kier molecular flexibility index (Phi) is 2.97. The number of aromatic nitrogens is 2. The summed E-state index contributed by atoms with van der Waals surface area (Å²) in [6.07, 6.45) is 1.72. The first-order valence-corrected chi connectivity index (χ1v) is 6.65. The molecule has 0 radical (unpaired) electrons. The van der Waals surface area contributed by atoms with Crippen LogP contribution in [0.1, 0.15) is 16.1 Å². The SMILES string of the molecule is Cc1nscc1C(=O)Nc1cccc2cccnc12. The lowest BCUT2D eigenvalue weighted by molar-refractivity contribution is 0.102. The molecule has 19 heavy (non-hydrogen) atoms. The van der Waals surface area contributed by atoms with Crippen molar-refractivity contribution in [3.63, 3.8) is 0 Å². The number of carbonyl (C=O) groups is 1. The van der Waals surface area contributed by atoms with Gasteiger partial charge in [-0.1, -0.05) is 18.2 Å². The molecule has 1 aromatic carbocycles. The van der Waals surface area contributed by atoms with Crippen LogP contribution in [0.4, 0.5) is 5.69 Å². The lowest BCUT2D eigenvalue weighted by Crippen LogP contribution is -2.12. The lowest BCUT2D eigenvalue weighted by atomic mass is 10.2. The fourth-order valence-corrected chi connectivity index (χ4v) is 2.60. The molecule has 3 aromatic rings. The van der Waals surface area contributed by atoms with Gasteiger partial charge < -0.3 is 5.32 Å². The van der Waals surface area contributed by atoms with Gasteiger partial charge in [-0.3, -0.25) is 9.78 Å². The van der Waals surface area contributed by atoms with Crippen molar-refractivity contribution in [1.29, 1.82) is 0 Å². The van der Waals surface area contributed by atoms with Gasteiger partial charge in [0.25, 0.3) is 5.91 Å². The fraction of sp³-hybridized carbons (Fsp3) is 0.0714. The highest BCUT2D eigenvalue weighted by Gasteiger charge is 2.12. The second kappa shape index (κ2) is 4.78. The number of nitrogens with zero attached hydrogens (tertiary/aromatic N) is 2. The lowest BCUT2D eigenvalue weighted by Gasteiger charge is -2.07. The van der Waals surface area contributed by atoms with Crippen molar-refractivity contribution in [3.8, 4) is 0 Å². The van der Waals surface area contributed by atoms with Gasteiger partial charge in [0.1, 0.15) is 0 Å². The summed E-state index contributed by atoms with van der Waals surface area (Å²) in [5.41, 5.74) is 2.86. The first kappa shape index (κ1) is 11.8. The molecule has 4 nitrogen and oxygen atoms in total. The summed E-state index contributed by atoms with van der Waals surface area (Å²) in [5.74, 6) is -0.149. The van der Waals surface area contributed by atoms with Gasteiger partial charge in [-0.15, -0.1) is 0 Å². The van der Waals surface area contributed by atoms with Gasteiger partial charge in [0, 0.05) is 17.0 Å². The maximum atomic E-state index is 12.2. The molecule has 0 atom stereocenters. The highest BCUT2D eigenvalue weighted by atomic mass is 32.1. The van der Waals surface area contributed by atoms with Gasteiger partial charge in [-0.25, -0.2) is 0 Å². The maximum absolute atomic E-state index is 12.2. The second-order valence-corrected chi connectivity index (χ2v) is 4.78. The summed E-state index contributed by atoms with van der Waals surface area (Å²) < 4.78 is 4.11. The summed E-state index contributed by atoms with van der Waals surface area (Å²) in [4.78, 5) is 16.5. The quantitative estimate of drug-likeness (QED) is 0.777. The third-order valence-corrected chi connectivity index (χ3v) is 3.60. The number of pyridine rings is 1. The normalized spacial score (nSPS) is 10.6. The Hall–Kier alpha value is -2.27. The highest BCUT2D eigenvalue weighted by Crippen LogP contribution is 2.21. The average molecular weight is 269 g/mol. The molecule has 5 heteroatoms. The van der Waals surface area contributed by atoms with E-state index in [0.717, 1.165) is 16.6 Å². The molecule has 0 aliphatic heterocycles. The van der Waals surface area contributed by atoms with Crippen LogP contribution in [0, 0.1) is 6.92 Å². The summed E-state index contributed by atoms with van der Waals surface area (Å²) in [7, 11) is 0. The van der Waals surface area contributed by atoms with Crippen LogP contribution in [0.15, 0.2) is 41.9 Å². The number of fused-ring (bicyclic) bond motifs is 1. The number of benzene rings is 1. The Morgan fingerprint density at radius 3 is 2.89 bits per heavy atom. The number of para-hydroxylation sites is 1. The van der Waals surface area contributed by atoms with Crippen molar-refractivity contribution in [2.24, 2.45) is 0 Å². The third-order valence-electron chi connectivity index (χ3n) is 2.88. The van der Waals surface area contributed by atoms with E-state index < -0.39 is 0 Å². The van der Waals surface area contributed by atoms with Gasteiger partial charge in [-0.05, 0) is 30.6 Å². The number of carbonyl (C=O) groups excluding carboxylic acids is 1. The van der Waals surface area contributed by atoms with E-state index in [1.54, 1.807) is 11.6 Å². The van der Waals surface area contributed by atoms with E-state index in [-0.39, 0.29) is 5.91 Å². The molecule has 0 saturated carbocycles. The van der Waals surface area contributed by atoms with E-state index in [1.807, 2.05) is 37.3 Å². The molecule has 94 valence electrons. The number of hydrogen-bond acceptors (Lipinski definition) is 4. The smallest absolute Gasteiger partial charge is 0.258 e. The number of aryl methyl sites for hydroxylation is 1. The van der Waals surface area contributed by atoms with Gasteiger partial charge >= 0.3 is 0 Å². The highest BCUT2D eigenvalue weighted by molar-refractivity contribution is 7.04. The number of amides is 1. The largest absolute Gasteiger partial charge is 0.320 e. The third kappa shape index (κ3) is 2.20. The first-order chi connectivity index (χ1) is 9.25. The van der Waals surface area contributed by atoms with E-state index in [2.05, 4.69) is 14.7 Å². The number of nitrogens with one attached hydrogen (secondary N) is 1. The molecule has 1 N–H and O–H groups in total. The van der Waals surface area contributed by atoms with Crippen molar-refractivity contribution in [1.82, 2.24) is 9.36 Å². The fourth-order valence-electron chi connectivity index (χ4n) is 1.91. The molecule has 2 heterocycles. The standard InChI is InChI=1S/C14H11N3OS/c1-9-11(8-19-17-9)14(18)16-12-6-2-4-10-5-3-7-15-13(10)12/h2-8H,1H3,(H,16,18). The van der Waals surface area contributed by atoms with Crippen LogP contribution < -0.4 is 5.32 Å². The Morgan fingerprint density at radius 2 is 2.11 bits per heavy atom. The van der Waals surface area contributed by atoms with E-state index >= 15 is 0 Å². The van der Waals surface area contributed by atoms with E-state index in [1.165, 1.54) is 11.5 Å². The predicted molar refractivity (Wildman–Crippen MR) is 76.5 cm³/mol. The molecule has 0 fully saturated rings. The topological polar surface area (TPSA) is 54.9 Å². The van der Waals surface area contributed by atoms with Crippen LogP contribution in [0.3, 0.4) is 0 Å². The summed E-state index contributed by atoms with van der Waals surface area (Å²) in [5, 5.41) is 5.65. The van der Waals surface area contributed by atoms with Crippen LogP contribution in [0.5, 0.6) is 0 Å².